The number of rotatable bonds is 10. The molecule has 0 spiro atoms. The second kappa shape index (κ2) is 10.5. The molecule has 0 saturated carbocycles. The highest BCUT2D eigenvalue weighted by molar-refractivity contribution is 5.79. The van der Waals surface area contributed by atoms with Crippen molar-refractivity contribution < 1.29 is 9.15 Å². The van der Waals surface area contributed by atoms with E-state index >= 15 is 0 Å². The molecule has 2 aromatic carbocycles. The predicted octanol–water partition coefficient (Wildman–Crippen LogP) is 7.18. The van der Waals surface area contributed by atoms with E-state index in [1.54, 1.807) is 0 Å². The molecule has 0 radical (unpaired) electrons. The van der Waals surface area contributed by atoms with Crippen molar-refractivity contribution in [2.24, 2.45) is 5.41 Å². The summed E-state index contributed by atoms with van der Waals surface area (Å²) in [5, 5.41) is 8.41. The van der Waals surface area contributed by atoms with E-state index in [1.165, 1.54) is 5.56 Å². The van der Waals surface area contributed by atoms with Gasteiger partial charge in [0, 0.05) is 17.9 Å². The van der Waals surface area contributed by atoms with E-state index in [-0.39, 0.29) is 17.4 Å². The standard InChI is InChI=1S/C29H36N4O2/c1-19(2)27-33-32-25(35-27)18-29(5,6)16-10-12-21-11-9-13-22(17-21)26-28(34-20(3)4)31-24-15-8-7-14-23(24)30-26/h7-9,11,13-15,17,19-20H,10,12,16,18H2,1-6H3. The van der Waals surface area contributed by atoms with Gasteiger partial charge in [-0.15, -0.1) is 10.2 Å². The van der Waals surface area contributed by atoms with Crippen LogP contribution in [0.15, 0.2) is 52.9 Å². The molecule has 35 heavy (non-hydrogen) atoms. The molecule has 184 valence electrons. The van der Waals surface area contributed by atoms with Gasteiger partial charge in [0.2, 0.25) is 17.7 Å². The molecule has 0 saturated heterocycles. The first-order valence-corrected chi connectivity index (χ1v) is 12.6. The summed E-state index contributed by atoms with van der Waals surface area (Å²) in [6.45, 7) is 12.7. The molecular weight excluding hydrogens is 436 g/mol. The quantitative estimate of drug-likeness (QED) is 0.243. The van der Waals surface area contributed by atoms with Crippen molar-refractivity contribution in [2.45, 2.75) is 79.2 Å². The monoisotopic (exact) mass is 472 g/mol. The third-order valence-corrected chi connectivity index (χ3v) is 6.01. The third kappa shape index (κ3) is 6.44. The van der Waals surface area contributed by atoms with E-state index in [0.29, 0.717) is 11.8 Å². The smallest absolute Gasteiger partial charge is 0.241 e. The van der Waals surface area contributed by atoms with Crippen LogP contribution in [0.5, 0.6) is 5.88 Å². The second-order valence-electron chi connectivity index (χ2n) is 10.6. The summed E-state index contributed by atoms with van der Waals surface area (Å²) in [5.74, 6) is 2.28. The zero-order valence-electron chi connectivity index (χ0n) is 21.7. The van der Waals surface area contributed by atoms with Crippen LogP contribution in [0.2, 0.25) is 0 Å². The summed E-state index contributed by atoms with van der Waals surface area (Å²) in [4.78, 5) is 9.67. The first-order valence-electron chi connectivity index (χ1n) is 12.6. The Bertz CT molecular complexity index is 1280. The van der Waals surface area contributed by atoms with E-state index < -0.39 is 0 Å². The highest BCUT2D eigenvalue weighted by Crippen LogP contribution is 2.32. The molecule has 0 fully saturated rings. The molecule has 2 aromatic heterocycles. The van der Waals surface area contributed by atoms with Gasteiger partial charge in [0.1, 0.15) is 5.69 Å². The van der Waals surface area contributed by atoms with Crippen molar-refractivity contribution >= 4 is 11.0 Å². The van der Waals surface area contributed by atoms with E-state index in [9.17, 15) is 0 Å². The molecule has 4 aromatic rings. The average molecular weight is 473 g/mol. The highest BCUT2D eigenvalue weighted by Gasteiger charge is 2.22. The van der Waals surface area contributed by atoms with Gasteiger partial charge in [-0.3, -0.25) is 0 Å². The fourth-order valence-electron chi connectivity index (χ4n) is 4.19. The van der Waals surface area contributed by atoms with Crippen LogP contribution in [0, 0.1) is 5.41 Å². The van der Waals surface area contributed by atoms with Gasteiger partial charge in [-0.2, -0.15) is 0 Å². The van der Waals surface area contributed by atoms with Crippen LogP contribution >= 0.6 is 0 Å². The molecule has 0 atom stereocenters. The molecule has 6 nitrogen and oxygen atoms in total. The van der Waals surface area contributed by atoms with Crippen molar-refractivity contribution in [2.75, 3.05) is 0 Å². The Kier molecular flexibility index (Phi) is 7.48. The third-order valence-electron chi connectivity index (χ3n) is 6.01. The number of ether oxygens (including phenoxy) is 1. The van der Waals surface area contributed by atoms with Gasteiger partial charge in [-0.25, -0.2) is 9.97 Å². The maximum Gasteiger partial charge on any atom is 0.241 e. The summed E-state index contributed by atoms with van der Waals surface area (Å²) in [5.41, 5.74) is 4.89. The lowest BCUT2D eigenvalue weighted by molar-refractivity contribution is 0.234. The van der Waals surface area contributed by atoms with Crippen LogP contribution < -0.4 is 4.74 Å². The molecule has 0 N–H and O–H groups in total. The van der Waals surface area contributed by atoms with Crippen LogP contribution in [-0.4, -0.2) is 26.3 Å². The average Bonchev–Trinajstić information content (AvgIpc) is 3.26. The molecule has 0 amide bonds. The van der Waals surface area contributed by atoms with Crippen LogP contribution in [0.3, 0.4) is 0 Å². The summed E-state index contributed by atoms with van der Waals surface area (Å²) >= 11 is 0. The summed E-state index contributed by atoms with van der Waals surface area (Å²) in [7, 11) is 0. The Morgan fingerprint density at radius 2 is 1.66 bits per heavy atom. The van der Waals surface area contributed by atoms with Gasteiger partial charge < -0.3 is 9.15 Å². The van der Waals surface area contributed by atoms with Crippen LogP contribution in [0.1, 0.15) is 77.6 Å². The Morgan fingerprint density at radius 3 is 2.34 bits per heavy atom. The largest absolute Gasteiger partial charge is 0.473 e. The molecule has 0 bridgehead atoms. The maximum atomic E-state index is 6.05. The van der Waals surface area contributed by atoms with Gasteiger partial charge in [0.05, 0.1) is 17.1 Å². The molecule has 4 rings (SSSR count). The number of benzene rings is 2. The van der Waals surface area contributed by atoms with Gasteiger partial charge in [-0.1, -0.05) is 58.0 Å². The molecular formula is C29H36N4O2. The van der Waals surface area contributed by atoms with E-state index in [1.807, 2.05) is 38.1 Å². The number of nitrogens with zero attached hydrogens (tertiary/aromatic N) is 4. The maximum absolute atomic E-state index is 6.05. The van der Waals surface area contributed by atoms with Crippen molar-refractivity contribution in [1.29, 1.82) is 0 Å². The lowest BCUT2D eigenvalue weighted by Crippen LogP contribution is -2.15. The lowest BCUT2D eigenvalue weighted by atomic mass is 9.83. The van der Waals surface area contributed by atoms with E-state index in [2.05, 4.69) is 62.2 Å². The molecule has 0 aliphatic carbocycles. The minimum absolute atomic E-state index is 0.0186. The zero-order chi connectivity index (χ0) is 25.0. The SMILES string of the molecule is CC(C)Oc1nc2ccccc2nc1-c1cccc(CCCC(C)(C)Cc2nnc(C(C)C)o2)c1. The number of hydrogen-bond acceptors (Lipinski definition) is 6. The second-order valence-corrected chi connectivity index (χ2v) is 10.6. The van der Waals surface area contributed by atoms with Gasteiger partial charge >= 0.3 is 0 Å². The number of para-hydroxylation sites is 2. The number of hydrogen-bond donors (Lipinski definition) is 0. The molecule has 6 heteroatoms. The molecule has 2 heterocycles. The normalized spacial score (nSPS) is 12.1. The minimum atomic E-state index is 0.0186. The van der Waals surface area contributed by atoms with Crippen LogP contribution in [-0.2, 0) is 12.8 Å². The van der Waals surface area contributed by atoms with Gasteiger partial charge in [0.15, 0.2) is 0 Å². The Labute approximate surface area is 208 Å². The van der Waals surface area contributed by atoms with Gasteiger partial charge in [-0.05, 0) is 62.3 Å². The molecule has 0 aliphatic rings. The zero-order valence-corrected chi connectivity index (χ0v) is 21.7. The Morgan fingerprint density at radius 1 is 0.914 bits per heavy atom. The number of aryl methyl sites for hydroxylation is 1. The van der Waals surface area contributed by atoms with Crippen molar-refractivity contribution in [3.8, 4) is 17.1 Å². The fourth-order valence-corrected chi connectivity index (χ4v) is 4.19. The van der Waals surface area contributed by atoms with Crippen molar-refractivity contribution in [1.82, 2.24) is 20.2 Å². The molecule has 0 aliphatic heterocycles. The minimum Gasteiger partial charge on any atom is -0.473 e. The van der Waals surface area contributed by atoms with Gasteiger partial charge in [0.25, 0.3) is 0 Å². The summed E-state index contributed by atoms with van der Waals surface area (Å²) in [6, 6.07) is 16.5. The number of fused-ring (bicyclic) bond motifs is 1. The van der Waals surface area contributed by atoms with Crippen LogP contribution in [0.25, 0.3) is 22.3 Å². The topological polar surface area (TPSA) is 73.9 Å². The van der Waals surface area contributed by atoms with E-state index in [0.717, 1.165) is 53.9 Å². The fraction of sp³-hybridized carbons (Fsp3) is 0.448. The summed E-state index contributed by atoms with van der Waals surface area (Å²) < 4.78 is 11.9. The molecule has 0 unspecified atom stereocenters. The summed E-state index contributed by atoms with van der Waals surface area (Å²) in [6.07, 6.45) is 3.92. The first kappa shape index (κ1) is 24.8. The number of aromatic nitrogens is 4. The van der Waals surface area contributed by atoms with E-state index in [4.69, 9.17) is 19.1 Å². The Hall–Kier alpha value is -3.28. The highest BCUT2D eigenvalue weighted by atomic mass is 16.5. The van der Waals surface area contributed by atoms with Crippen LogP contribution in [0.4, 0.5) is 0 Å². The predicted molar refractivity (Wildman–Crippen MR) is 140 cm³/mol. The first-order chi connectivity index (χ1) is 16.7. The van der Waals surface area contributed by atoms with Crippen molar-refractivity contribution in [3.63, 3.8) is 0 Å². The lowest BCUT2D eigenvalue weighted by Gasteiger charge is -2.22. The van der Waals surface area contributed by atoms with Crippen molar-refractivity contribution in [3.05, 3.63) is 65.9 Å². The Balaban J connectivity index is 1.47.